The van der Waals surface area contributed by atoms with Gasteiger partial charge in [0, 0.05) is 56.9 Å². The highest BCUT2D eigenvalue weighted by atomic mass is 35.5. The fourth-order valence-corrected chi connectivity index (χ4v) is 4.06. The molecule has 3 heterocycles. The molecule has 0 unspecified atom stereocenters. The Bertz CT molecular complexity index is 510. The summed E-state index contributed by atoms with van der Waals surface area (Å²) < 4.78 is 0. The van der Waals surface area contributed by atoms with Crippen LogP contribution in [0.3, 0.4) is 0 Å². The van der Waals surface area contributed by atoms with Crippen LogP contribution in [0.15, 0.2) is 6.20 Å². The Morgan fingerprint density at radius 1 is 1.04 bits per heavy atom. The number of likely N-dealkylation sites (tertiary alicyclic amines) is 1. The molecule has 6 nitrogen and oxygen atoms in total. The van der Waals surface area contributed by atoms with Crippen molar-refractivity contribution in [2.75, 3.05) is 51.5 Å². The van der Waals surface area contributed by atoms with Gasteiger partial charge in [-0.15, -0.1) is 23.7 Å². The third-order valence-corrected chi connectivity index (χ3v) is 5.54. The van der Waals surface area contributed by atoms with E-state index in [0.29, 0.717) is 17.6 Å². The van der Waals surface area contributed by atoms with Gasteiger partial charge in [-0.25, -0.2) is 4.98 Å². The van der Waals surface area contributed by atoms with Crippen LogP contribution in [0.25, 0.3) is 0 Å². The number of carbonyl (C=O) groups excluding carboxylic acids is 1. The highest BCUT2D eigenvalue weighted by molar-refractivity contribution is 7.15. The summed E-state index contributed by atoms with van der Waals surface area (Å²) in [5.74, 6) is 0.315. The first-order chi connectivity index (χ1) is 11.2. The molecule has 1 aromatic heterocycles. The largest absolute Gasteiger partial charge is 0.375 e. The third kappa shape index (κ3) is 5.58. The number of rotatable bonds is 4. The molecule has 0 radical (unpaired) electrons. The van der Waals surface area contributed by atoms with E-state index in [-0.39, 0.29) is 12.4 Å². The van der Waals surface area contributed by atoms with E-state index in [0.717, 1.165) is 58.7 Å². The lowest BCUT2D eigenvalue weighted by molar-refractivity contribution is -0.132. The van der Waals surface area contributed by atoms with E-state index in [4.69, 9.17) is 5.73 Å². The monoisotopic (exact) mass is 373 g/mol. The van der Waals surface area contributed by atoms with Crippen LogP contribution in [0.2, 0.25) is 0 Å². The Hall–Kier alpha value is -0.890. The Labute approximate surface area is 154 Å². The van der Waals surface area contributed by atoms with Crippen LogP contribution in [0.1, 0.15) is 30.6 Å². The van der Waals surface area contributed by atoms with Crippen molar-refractivity contribution < 1.29 is 4.79 Å². The van der Waals surface area contributed by atoms with Gasteiger partial charge in [0.15, 0.2) is 5.13 Å². The number of piperazine rings is 1. The Balaban J connectivity index is 0.00000208. The van der Waals surface area contributed by atoms with Gasteiger partial charge in [-0.1, -0.05) is 12.8 Å². The maximum absolute atomic E-state index is 12.4. The molecule has 2 aliphatic rings. The van der Waals surface area contributed by atoms with Gasteiger partial charge in [0.1, 0.15) is 0 Å². The molecule has 8 heteroatoms. The van der Waals surface area contributed by atoms with Gasteiger partial charge in [-0.2, -0.15) is 0 Å². The lowest BCUT2D eigenvalue weighted by Crippen LogP contribution is -2.49. The van der Waals surface area contributed by atoms with Crippen LogP contribution in [-0.4, -0.2) is 71.4 Å². The van der Waals surface area contributed by atoms with Crippen molar-refractivity contribution in [2.45, 2.75) is 32.2 Å². The molecule has 0 spiro atoms. The first kappa shape index (κ1) is 19.4. The highest BCUT2D eigenvalue weighted by Crippen LogP contribution is 2.17. The summed E-state index contributed by atoms with van der Waals surface area (Å²) in [5.41, 5.74) is 5.68. The molecule has 2 saturated heterocycles. The van der Waals surface area contributed by atoms with Gasteiger partial charge < -0.3 is 10.6 Å². The number of anilines is 1. The van der Waals surface area contributed by atoms with Crippen molar-refractivity contribution >= 4 is 34.8 Å². The summed E-state index contributed by atoms with van der Waals surface area (Å²) in [6.45, 7) is 7.35. The Morgan fingerprint density at radius 3 is 2.25 bits per heavy atom. The summed E-state index contributed by atoms with van der Waals surface area (Å²) in [7, 11) is 0. The molecular formula is C16H28ClN5OS. The van der Waals surface area contributed by atoms with Crippen LogP contribution in [0, 0.1) is 0 Å². The minimum atomic E-state index is 0. The van der Waals surface area contributed by atoms with Gasteiger partial charge in [-0.05, 0) is 12.8 Å². The van der Waals surface area contributed by atoms with Crippen molar-refractivity contribution in [3.63, 3.8) is 0 Å². The van der Waals surface area contributed by atoms with Crippen LogP contribution in [-0.2, 0) is 11.3 Å². The van der Waals surface area contributed by atoms with Gasteiger partial charge in [0.25, 0.3) is 0 Å². The van der Waals surface area contributed by atoms with E-state index in [9.17, 15) is 4.79 Å². The normalized spacial score (nSPS) is 20.4. The highest BCUT2D eigenvalue weighted by Gasteiger charge is 2.22. The zero-order valence-corrected chi connectivity index (χ0v) is 15.8. The summed E-state index contributed by atoms with van der Waals surface area (Å²) in [6.07, 6.45) is 6.74. The average molecular weight is 374 g/mol. The van der Waals surface area contributed by atoms with Crippen molar-refractivity contribution in [2.24, 2.45) is 0 Å². The quantitative estimate of drug-likeness (QED) is 0.869. The second kappa shape index (κ2) is 9.56. The fraction of sp³-hybridized carbons (Fsp3) is 0.750. The minimum Gasteiger partial charge on any atom is -0.375 e. The Morgan fingerprint density at radius 2 is 1.67 bits per heavy atom. The number of hydrogen-bond donors (Lipinski definition) is 1. The van der Waals surface area contributed by atoms with Crippen molar-refractivity contribution in [1.29, 1.82) is 0 Å². The smallest absolute Gasteiger partial charge is 0.236 e. The average Bonchev–Trinajstić information content (AvgIpc) is 2.79. The molecule has 0 atom stereocenters. The summed E-state index contributed by atoms with van der Waals surface area (Å²) >= 11 is 1.56. The molecule has 2 aliphatic heterocycles. The molecule has 0 saturated carbocycles. The molecule has 2 fully saturated rings. The van der Waals surface area contributed by atoms with Gasteiger partial charge >= 0.3 is 0 Å². The van der Waals surface area contributed by atoms with Crippen LogP contribution in [0.5, 0.6) is 0 Å². The summed E-state index contributed by atoms with van der Waals surface area (Å²) in [6, 6.07) is 0. The van der Waals surface area contributed by atoms with Gasteiger partial charge in [-0.3, -0.25) is 14.6 Å². The molecule has 0 bridgehead atoms. The summed E-state index contributed by atoms with van der Waals surface area (Å²) in [5, 5.41) is 0.640. The number of nitrogens with zero attached hydrogens (tertiary/aromatic N) is 4. The molecule has 1 amide bonds. The molecule has 24 heavy (non-hydrogen) atoms. The predicted octanol–water partition coefficient (Wildman–Crippen LogP) is 1.67. The molecule has 0 aliphatic carbocycles. The fourth-order valence-electron chi connectivity index (χ4n) is 3.33. The zero-order chi connectivity index (χ0) is 16.1. The van der Waals surface area contributed by atoms with Crippen LogP contribution >= 0.6 is 23.7 Å². The SMILES string of the molecule is Cl.Nc1ncc(CN2CCN(CC(=O)N3CCCCCC3)CC2)s1. The predicted molar refractivity (Wildman–Crippen MR) is 101 cm³/mol. The van der Waals surface area contributed by atoms with Crippen molar-refractivity contribution in [3.05, 3.63) is 11.1 Å². The summed E-state index contributed by atoms with van der Waals surface area (Å²) in [4.78, 5) is 24.6. The van der Waals surface area contributed by atoms with E-state index >= 15 is 0 Å². The number of thiazole rings is 1. The van der Waals surface area contributed by atoms with Gasteiger partial charge in [0.2, 0.25) is 5.91 Å². The lowest BCUT2D eigenvalue weighted by Gasteiger charge is -2.35. The first-order valence-electron chi connectivity index (χ1n) is 8.63. The number of carbonyl (C=O) groups is 1. The number of nitrogen functional groups attached to an aromatic ring is 1. The maximum Gasteiger partial charge on any atom is 0.236 e. The van der Waals surface area contributed by atoms with E-state index < -0.39 is 0 Å². The number of amides is 1. The van der Waals surface area contributed by atoms with Crippen LogP contribution in [0.4, 0.5) is 5.13 Å². The zero-order valence-electron chi connectivity index (χ0n) is 14.2. The number of hydrogen-bond acceptors (Lipinski definition) is 6. The number of nitrogens with two attached hydrogens (primary N) is 1. The first-order valence-corrected chi connectivity index (χ1v) is 9.45. The second-order valence-corrected chi connectivity index (χ2v) is 7.66. The van der Waals surface area contributed by atoms with Crippen LogP contribution < -0.4 is 5.73 Å². The third-order valence-electron chi connectivity index (χ3n) is 4.73. The molecular weight excluding hydrogens is 346 g/mol. The molecule has 2 N–H and O–H groups in total. The van der Waals surface area contributed by atoms with E-state index in [1.165, 1.54) is 17.7 Å². The Kier molecular flexibility index (Phi) is 7.74. The number of aromatic nitrogens is 1. The molecule has 3 rings (SSSR count). The van der Waals surface area contributed by atoms with E-state index in [1.807, 2.05) is 6.20 Å². The van der Waals surface area contributed by atoms with E-state index in [1.54, 1.807) is 11.3 Å². The maximum atomic E-state index is 12.4. The number of halogens is 1. The minimum absolute atomic E-state index is 0. The standard InChI is InChI=1S/C16H27N5OS.ClH/c17-16-18-11-14(23-16)12-19-7-9-20(10-8-19)13-15(22)21-5-3-1-2-4-6-21;/h11H,1-10,12-13H2,(H2,17,18);1H. The topological polar surface area (TPSA) is 65.7 Å². The second-order valence-electron chi connectivity index (χ2n) is 6.51. The van der Waals surface area contributed by atoms with E-state index in [2.05, 4.69) is 19.7 Å². The lowest BCUT2D eigenvalue weighted by atomic mass is 10.2. The molecule has 0 aromatic carbocycles. The van der Waals surface area contributed by atoms with Crippen molar-refractivity contribution in [3.8, 4) is 0 Å². The van der Waals surface area contributed by atoms with Gasteiger partial charge in [0.05, 0.1) is 6.54 Å². The molecule has 1 aromatic rings. The molecule has 136 valence electrons. The van der Waals surface area contributed by atoms with Crippen molar-refractivity contribution in [1.82, 2.24) is 19.7 Å².